The van der Waals surface area contributed by atoms with Gasteiger partial charge in [0.15, 0.2) is 0 Å². The molecule has 2 aromatic heterocycles. The van der Waals surface area contributed by atoms with Gasteiger partial charge in [-0.3, -0.25) is 19.1 Å². The number of carbonyl (C=O) groups excluding carboxylic acids is 3. The van der Waals surface area contributed by atoms with E-state index in [2.05, 4.69) is 23.9 Å². The van der Waals surface area contributed by atoms with Crippen LogP contribution in [0.15, 0.2) is 41.8 Å². The smallest absolute Gasteiger partial charge is 0.259 e. The molecule has 2 aliphatic carbocycles. The molecule has 2 saturated carbocycles. The van der Waals surface area contributed by atoms with Crippen LogP contribution in [0.4, 0.5) is 0 Å². The highest BCUT2D eigenvalue weighted by atomic mass is 32.2. The molecule has 5 atom stereocenters. The second-order valence-electron chi connectivity index (χ2n) is 15.4. The number of fused-ring (bicyclic) bond motifs is 3. The fraction of sp³-hybridized carbons (Fsp3) is 0.553. The zero-order valence-corrected chi connectivity index (χ0v) is 32.2. The van der Waals surface area contributed by atoms with Crippen LogP contribution in [0.25, 0.3) is 21.6 Å². The maximum absolute atomic E-state index is 14.3. The first kappa shape index (κ1) is 37.2. The number of aromatic nitrogens is 2. The van der Waals surface area contributed by atoms with E-state index in [9.17, 15) is 22.8 Å². The van der Waals surface area contributed by atoms with Crippen molar-refractivity contribution in [2.24, 2.45) is 11.7 Å². The van der Waals surface area contributed by atoms with Crippen LogP contribution in [0.3, 0.4) is 0 Å². The molecule has 13 nitrogen and oxygen atoms in total. The Bertz CT molecular complexity index is 2060. The Morgan fingerprint density at radius 3 is 2.66 bits per heavy atom. The Morgan fingerprint density at radius 2 is 1.94 bits per heavy atom. The average Bonchev–Trinajstić information content (AvgIpc) is 3.89. The molecular weight excluding hydrogens is 717 g/mol. The van der Waals surface area contributed by atoms with Crippen LogP contribution in [-0.4, -0.2) is 83.1 Å². The van der Waals surface area contributed by atoms with Gasteiger partial charge in [-0.1, -0.05) is 38.8 Å². The van der Waals surface area contributed by atoms with Gasteiger partial charge in [0.2, 0.25) is 21.8 Å². The fourth-order valence-corrected chi connectivity index (χ4v) is 9.45. The molecule has 0 bridgehead atoms. The second-order valence-corrected chi connectivity index (χ2v) is 18.5. The van der Waals surface area contributed by atoms with Gasteiger partial charge in [-0.2, -0.15) is 0 Å². The maximum Gasteiger partial charge on any atom is 0.259 e. The highest BCUT2D eigenvalue weighted by Crippen LogP contribution is 2.47. The average molecular weight is 765 g/mol. The largest absolute Gasteiger partial charge is 0.497 e. The third-order valence-corrected chi connectivity index (χ3v) is 14.2. The number of nitrogens with two attached hydrogens (primary N) is 1. The predicted octanol–water partition coefficient (Wildman–Crippen LogP) is 4.56. The van der Waals surface area contributed by atoms with Crippen LogP contribution in [0, 0.1) is 5.92 Å². The lowest BCUT2D eigenvalue weighted by Crippen LogP contribution is -2.58. The van der Waals surface area contributed by atoms with Crippen molar-refractivity contribution in [3.05, 3.63) is 47.5 Å². The number of hydrogen-bond acceptors (Lipinski definition) is 11. The number of nitrogens with zero attached hydrogens (tertiary/aromatic N) is 3. The quantitative estimate of drug-likeness (QED) is 0.275. The van der Waals surface area contributed by atoms with Gasteiger partial charge in [-0.25, -0.2) is 18.4 Å². The third-order valence-electron chi connectivity index (χ3n) is 11.1. The molecule has 4 N–H and O–H groups in total. The van der Waals surface area contributed by atoms with Gasteiger partial charge in [-0.05, 0) is 63.5 Å². The molecule has 4 aliphatic rings. The molecule has 15 heteroatoms. The summed E-state index contributed by atoms with van der Waals surface area (Å²) in [6.07, 6.45) is 8.29. The molecule has 284 valence electrons. The van der Waals surface area contributed by atoms with E-state index in [4.69, 9.17) is 25.2 Å². The van der Waals surface area contributed by atoms with Crippen LogP contribution in [0.2, 0.25) is 0 Å². The lowest BCUT2D eigenvalue weighted by molar-refractivity contribution is -0.140. The van der Waals surface area contributed by atoms with Gasteiger partial charge < -0.3 is 25.4 Å². The van der Waals surface area contributed by atoms with Gasteiger partial charge in [0.25, 0.3) is 5.91 Å². The van der Waals surface area contributed by atoms with Crippen molar-refractivity contribution in [3.8, 4) is 22.2 Å². The van der Waals surface area contributed by atoms with Crippen molar-refractivity contribution in [2.75, 3.05) is 13.7 Å². The summed E-state index contributed by atoms with van der Waals surface area (Å²) in [4.78, 5) is 53.2. The summed E-state index contributed by atoms with van der Waals surface area (Å²) >= 11 is 1.49. The Morgan fingerprint density at radius 1 is 1.15 bits per heavy atom. The van der Waals surface area contributed by atoms with Crippen LogP contribution in [0.1, 0.15) is 90.2 Å². The van der Waals surface area contributed by atoms with Gasteiger partial charge in [0.05, 0.1) is 35.7 Å². The summed E-state index contributed by atoms with van der Waals surface area (Å²) in [5.74, 6) is -0.681. The number of thiazole rings is 1. The van der Waals surface area contributed by atoms with E-state index in [1.165, 1.54) is 16.2 Å². The first-order chi connectivity index (χ1) is 25.2. The molecule has 7 rings (SSSR count). The van der Waals surface area contributed by atoms with Crippen molar-refractivity contribution in [3.63, 3.8) is 0 Å². The molecule has 3 fully saturated rings. The van der Waals surface area contributed by atoms with Crippen LogP contribution < -0.4 is 25.2 Å². The molecule has 4 heterocycles. The highest BCUT2D eigenvalue weighted by Gasteiger charge is 2.63. The second kappa shape index (κ2) is 14.3. The molecule has 0 spiro atoms. The summed E-state index contributed by atoms with van der Waals surface area (Å²) in [7, 11) is -2.36. The summed E-state index contributed by atoms with van der Waals surface area (Å²) in [6.45, 7) is 5.86. The number of benzene rings is 1. The number of carbonyl (C=O) groups is 3. The Balaban J connectivity index is 1.20. The zero-order valence-electron chi connectivity index (χ0n) is 30.6. The number of nitrogens with one attached hydrogen (secondary N) is 2. The number of amides is 3. The van der Waals surface area contributed by atoms with Gasteiger partial charge in [0.1, 0.15) is 39.9 Å². The number of ether oxygens (including phenoxy) is 2. The van der Waals surface area contributed by atoms with Crippen molar-refractivity contribution >= 4 is 50.0 Å². The summed E-state index contributed by atoms with van der Waals surface area (Å²) in [5.41, 5.74) is 7.22. The number of hydrogen-bond donors (Lipinski definition) is 3. The van der Waals surface area contributed by atoms with E-state index in [0.29, 0.717) is 42.0 Å². The minimum Gasteiger partial charge on any atom is -0.497 e. The molecular formula is C38H48N6O7S2. The maximum atomic E-state index is 14.3. The van der Waals surface area contributed by atoms with Crippen molar-refractivity contribution in [1.82, 2.24) is 24.9 Å². The normalized spacial score (nSPS) is 27.9. The van der Waals surface area contributed by atoms with E-state index in [-0.39, 0.29) is 37.1 Å². The van der Waals surface area contributed by atoms with E-state index in [1.807, 2.05) is 41.8 Å². The standard InChI is InChI=1S/C38H48N6O7S2/c1-22(2)30-21-52-34(41-30)29-18-32(26-13-12-24(50-4)16-28(26)40-29)51-25-17-31-33(45)42-38(36(47)43-53(48,49)37(3)14-15-37)19-23(38)10-8-6-5-7-9-11-27(39)35(46)44(31)20-25/h8,10,12-13,16,18,21-23,25,27,31H,5-7,9,11,14-15,17,19-20,39H2,1-4H3,(H,42,45)(H,43,47)/b10-8-/t23-,25+,27-,31-,38+/m0/s1. The van der Waals surface area contributed by atoms with Crippen LogP contribution >= 0.6 is 11.3 Å². The zero-order chi connectivity index (χ0) is 37.7. The molecule has 1 aromatic carbocycles. The molecule has 3 amide bonds. The van der Waals surface area contributed by atoms with Gasteiger partial charge in [0, 0.05) is 35.2 Å². The molecule has 2 aliphatic heterocycles. The minimum absolute atomic E-state index is 0.0872. The molecule has 0 radical (unpaired) electrons. The SMILES string of the molecule is COc1ccc2c(O[C@@H]3C[C@H]4C(=O)N[C@]5(C(=O)NS(=O)(=O)C6(C)CC6)C[C@@H]5/C=C\CCCCC[C@H](N)C(=O)N4C3)cc(-c3nc(C(C)C)cs3)nc2c1. The predicted molar refractivity (Wildman–Crippen MR) is 202 cm³/mol. The number of rotatable bonds is 8. The molecule has 0 unspecified atom stereocenters. The number of allylic oxidation sites excluding steroid dienone is 1. The van der Waals surface area contributed by atoms with E-state index in [1.54, 1.807) is 14.0 Å². The Labute approximate surface area is 314 Å². The number of pyridine rings is 1. The van der Waals surface area contributed by atoms with E-state index >= 15 is 0 Å². The summed E-state index contributed by atoms with van der Waals surface area (Å²) < 4.78 is 39.6. The van der Waals surface area contributed by atoms with Crippen molar-refractivity contribution in [1.29, 1.82) is 0 Å². The number of sulfonamides is 1. The Hall–Kier alpha value is -4.08. The lowest BCUT2D eigenvalue weighted by atomic mass is 10.1. The number of methoxy groups -OCH3 is 1. The van der Waals surface area contributed by atoms with Crippen molar-refractivity contribution < 1.29 is 32.3 Å². The third kappa shape index (κ3) is 7.39. The van der Waals surface area contributed by atoms with Gasteiger partial charge >= 0.3 is 0 Å². The Kier molecular flexibility index (Phi) is 10.0. The fourth-order valence-electron chi connectivity index (χ4n) is 7.20. The topological polar surface area (TPSA) is 183 Å². The molecule has 1 saturated heterocycles. The first-order valence-electron chi connectivity index (χ1n) is 18.5. The summed E-state index contributed by atoms with van der Waals surface area (Å²) in [5, 5.41) is 6.39. The first-order valence-corrected chi connectivity index (χ1v) is 20.8. The van der Waals surface area contributed by atoms with E-state index in [0.717, 1.165) is 41.8 Å². The lowest BCUT2D eigenvalue weighted by Gasteiger charge is -2.28. The highest BCUT2D eigenvalue weighted by molar-refractivity contribution is 7.91. The minimum atomic E-state index is -3.95. The van der Waals surface area contributed by atoms with Crippen LogP contribution in [0.5, 0.6) is 11.5 Å². The van der Waals surface area contributed by atoms with Crippen molar-refractivity contribution in [2.45, 2.75) is 113 Å². The van der Waals surface area contributed by atoms with E-state index < -0.39 is 50.3 Å². The monoisotopic (exact) mass is 764 g/mol. The van der Waals surface area contributed by atoms with Crippen LogP contribution in [-0.2, 0) is 24.4 Å². The molecule has 3 aromatic rings. The van der Waals surface area contributed by atoms with Gasteiger partial charge in [-0.15, -0.1) is 11.3 Å². The summed E-state index contributed by atoms with van der Waals surface area (Å²) in [6, 6.07) is 5.52. The molecule has 53 heavy (non-hydrogen) atoms.